The monoisotopic (exact) mass is 694 g/mol. The second-order valence-electron chi connectivity index (χ2n) is 13.7. The molecule has 3 aliphatic rings. The molecule has 2 atom stereocenters. The van der Waals surface area contributed by atoms with Crippen molar-refractivity contribution in [1.29, 1.82) is 0 Å². The molecule has 8 heteroatoms. The van der Waals surface area contributed by atoms with Crippen LogP contribution in [0.25, 0.3) is 11.1 Å². The fraction of sp³-hybridized carbons (Fsp3) is 0.442. The van der Waals surface area contributed by atoms with Crippen LogP contribution >= 0.6 is 0 Å². The molecule has 7 rings (SSSR count). The van der Waals surface area contributed by atoms with Crippen molar-refractivity contribution in [3.05, 3.63) is 117 Å². The zero-order chi connectivity index (χ0) is 35.2. The van der Waals surface area contributed by atoms with Gasteiger partial charge in [-0.3, -0.25) is 0 Å². The van der Waals surface area contributed by atoms with E-state index in [1.807, 2.05) is 0 Å². The van der Waals surface area contributed by atoms with Crippen LogP contribution in [-0.4, -0.2) is 91.5 Å². The topological polar surface area (TPSA) is 80.4 Å². The van der Waals surface area contributed by atoms with Gasteiger partial charge < -0.3 is 37.9 Å². The van der Waals surface area contributed by atoms with Gasteiger partial charge in [0.15, 0.2) is 0 Å². The molecular formula is C43H50O8. The fourth-order valence-corrected chi connectivity index (χ4v) is 7.42. The third-order valence-corrected chi connectivity index (χ3v) is 9.84. The molecule has 0 N–H and O–H groups in total. The number of aryl methyl sites for hydroxylation is 4. The van der Waals surface area contributed by atoms with Crippen molar-refractivity contribution in [3.8, 4) is 22.6 Å². The lowest BCUT2D eigenvalue weighted by atomic mass is 9.66. The molecule has 4 aromatic rings. The van der Waals surface area contributed by atoms with Crippen LogP contribution < -0.4 is 9.47 Å². The van der Waals surface area contributed by atoms with E-state index in [1.165, 1.54) is 33.4 Å². The van der Waals surface area contributed by atoms with Gasteiger partial charge >= 0.3 is 0 Å². The minimum atomic E-state index is -0.529. The van der Waals surface area contributed by atoms with Crippen LogP contribution in [0, 0.1) is 27.7 Å². The van der Waals surface area contributed by atoms with E-state index >= 15 is 0 Å². The molecule has 2 unspecified atom stereocenters. The molecule has 0 amide bonds. The molecule has 0 radical (unpaired) electrons. The van der Waals surface area contributed by atoms with Gasteiger partial charge in [0.2, 0.25) is 0 Å². The summed E-state index contributed by atoms with van der Waals surface area (Å²) in [6.07, 6.45) is 0.544. The highest BCUT2D eigenvalue weighted by Gasteiger charge is 2.46. The Balaban J connectivity index is 1.12. The van der Waals surface area contributed by atoms with Gasteiger partial charge in [-0.05, 0) is 83.3 Å². The number of ether oxygens (including phenoxy) is 8. The van der Waals surface area contributed by atoms with Gasteiger partial charge in [-0.2, -0.15) is 0 Å². The zero-order valence-electron chi connectivity index (χ0n) is 30.3. The molecule has 0 bridgehead atoms. The summed E-state index contributed by atoms with van der Waals surface area (Å²) in [5.41, 5.74) is 11.4. The van der Waals surface area contributed by atoms with Crippen molar-refractivity contribution in [1.82, 2.24) is 0 Å². The van der Waals surface area contributed by atoms with E-state index < -0.39 is 5.41 Å². The second-order valence-corrected chi connectivity index (χ2v) is 13.7. The first-order valence-electron chi connectivity index (χ1n) is 18.2. The Morgan fingerprint density at radius 1 is 0.510 bits per heavy atom. The Labute approximate surface area is 301 Å². The molecule has 2 aliphatic heterocycles. The van der Waals surface area contributed by atoms with Crippen molar-refractivity contribution < 1.29 is 37.9 Å². The summed E-state index contributed by atoms with van der Waals surface area (Å²) in [5, 5.41) is 0. The average Bonchev–Trinajstić information content (AvgIpc) is 4.07. The summed E-state index contributed by atoms with van der Waals surface area (Å²) in [5.74, 6) is 1.81. The summed E-state index contributed by atoms with van der Waals surface area (Å²) in [4.78, 5) is 0. The summed E-state index contributed by atoms with van der Waals surface area (Å²) in [6.45, 7) is 15.6. The number of epoxide rings is 2. The first-order valence-corrected chi connectivity index (χ1v) is 18.2. The van der Waals surface area contributed by atoms with E-state index in [1.54, 1.807) is 0 Å². The zero-order valence-corrected chi connectivity index (χ0v) is 30.3. The maximum Gasteiger partial charge on any atom is 0.125 e. The van der Waals surface area contributed by atoms with Crippen LogP contribution in [0.5, 0.6) is 11.5 Å². The quantitative estimate of drug-likeness (QED) is 0.0643. The number of hydrogen-bond acceptors (Lipinski definition) is 8. The highest BCUT2D eigenvalue weighted by Crippen LogP contribution is 2.57. The van der Waals surface area contributed by atoms with Crippen molar-refractivity contribution in [2.24, 2.45) is 0 Å². The van der Waals surface area contributed by atoms with Gasteiger partial charge in [-0.1, -0.05) is 72.8 Å². The smallest absolute Gasteiger partial charge is 0.125 e. The van der Waals surface area contributed by atoms with E-state index in [0.29, 0.717) is 66.1 Å². The molecule has 51 heavy (non-hydrogen) atoms. The molecule has 270 valence electrons. The number of benzene rings is 4. The first kappa shape index (κ1) is 35.6. The van der Waals surface area contributed by atoms with Crippen LogP contribution in [0.15, 0.2) is 72.8 Å². The van der Waals surface area contributed by atoms with Crippen LogP contribution in [0.4, 0.5) is 0 Å². The van der Waals surface area contributed by atoms with E-state index in [-0.39, 0.29) is 12.2 Å². The Hall–Kier alpha value is -3.76. The Morgan fingerprint density at radius 2 is 0.863 bits per heavy atom. The third kappa shape index (κ3) is 8.02. The van der Waals surface area contributed by atoms with Gasteiger partial charge in [0.05, 0.1) is 71.5 Å². The summed E-state index contributed by atoms with van der Waals surface area (Å²) < 4.78 is 45.7. The molecule has 2 heterocycles. The molecule has 0 saturated carbocycles. The molecule has 8 nitrogen and oxygen atoms in total. The van der Waals surface area contributed by atoms with E-state index in [4.69, 9.17) is 37.9 Å². The molecule has 4 aromatic carbocycles. The molecule has 2 fully saturated rings. The predicted molar refractivity (Wildman–Crippen MR) is 196 cm³/mol. The first-order chi connectivity index (χ1) is 25.0. The third-order valence-electron chi connectivity index (χ3n) is 9.84. The number of hydrogen-bond donors (Lipinski definition) is 0. The SMILES string of the molecule is Cc1cc(C2(c3cc(C)c(OCCOCCOCC4CO4)c(C)c3)c3ccccc3-c3ccccc32)cc(C)c1OCCOCCOCC1CO1. The van der Waals surface area contributed by atoms with Gasteiger partial charge in [-0.25, -0.2) is 0 Å². The fourth-order valence-electron chi connectivity index (χ4n) is 7.42. The number of fused-ring (bicyclic) bond motifs is 3. The lowest BCUT2D eigenvalue weighted by Gasteiger charge is -2.35. The Kier molecular flexibility index (Phi) is 11.4. The minimum absolute atomic E-state index is 0.272. The summed E-state index contributed by atoms with van der Waals surface area (Å²) in [6, 6.07) is 26.9. The van der Waals surface area contributed by atoms with Crippen LogP contribution in [0.2, 0.25) is 0 Å². The summed E-state index contributed by atoms with van der Waals surface area (Å²) >= 11 is 0. The minimum Gasteiger partial charge on any atom is -0.491 e. The highest BCUT2D eigenvalue weighted by atomic mass is 16.6. The van der Waals surface area contributed by atoms with Gasteiger partial charge in [0.1, 0.15) is 36.9 Å². The van der Waals surface area contributed by atoms with E-state index in [9.17, 15) is 0 Å². The summed E-state index contributed by atoms with van der Waals surface area (Å²) in [7, 11) is 0. The lowest BCUT2D eigenvalue weighted by Crippen LogP contribution is -2.29. The Morgan fingerprint density at radius 3 is 1.25 bits per heavy atom. The molecule has 0 aromatic heterocycles. The maximum absolute atomic E-state index is 6.33. The predicted octanol–water partition coefficient (Wildman–Crippen LogP) is 6.90. The van der Waals surface area contributed by atoms with Gasteiger partial charge in [0, 0.05) is 0 Å². The average molecular weight is 695 g/mol. The largest absolute Gasteiger partial charge is 0.491 e. The molecule has 0 spiro atoms. The van der Waals surface area contributed by atoms with Crippen LogP contribution in [-0.2, 0) is 33.8 Å². The second kappa shape index (κ2) is 16.3. The van der Waals surface area contributed by atoms with Gasteiger partial charge in [-0.15, -0.1) is 0 Å². The van der Waals surface area contributed by atoms with Crippen LogP contribution in [0.1, 0.15) is 44.5 Å². The standard InChI is InChI=1S/C43H50O8/c1-29-21-33(22-30(2)41(29)48-19-17-44-13-15-46-25-35-27-50-35)43(39-11-7-5-9-37(39)38-10-6-8-12-40(38)43)34-23-31(3)42(32(4)24-34)49-20-18-45-14-16-47-26-36-28-51-36/h5-12,21-24,35-36H,13-20,25-28H2,1-4H3. The maximum atomic E-state index is 6.33. The normalized spacial score (nSPS) is 18.0. The highest BCUT2D eigenvalue weighted by molar-refractivity contribution is 5.86. The van der Waals surface area contributed by atoms with Crippen molar-refractivity contribution in [2.75, 3.05) is 79.3 Å². The van der Waals surface area contributed by atoms with Crippen molar-refractivity contribution in [2.45, 2.75) is 45.3 Å². The number of rotatable bonds is 20. The molecule has 1 aliphatic carbocycles. The molecular weight excluding hydrogens is 644 g/mol. The van der Waals surface area contributed by atoms with E-state index in [2.05, 4.69) is 100 Å². The van der Waals surface area contributed by atoms with Crippen LogP contribution in [0.3, 0.4) is 0 Å². The Bertz CT molecular complexity index is 1620. The van der Waals surface area contributed by atoms with Gasteiger partial charge in [0.25, 0.3) is 0 Å². The van der Waals surface area contributed by atoms with E-state index in [0.717, 1.165) is 47.0 Å². The lowest BCUT2D eigenvalue weighted by molar-refractivity contribution is 0.0315. The van der Waals surface area contributed by atoms with Crippen molar-refractivity contribution in [3.63, 3.8) is 0 Å². The van der Waals surface area contributed by atoms with Crippen molar-refractivity contribution >= 4 is 0 Å². The molecule has 2 saturated heterocycles.